The average molecular weight is 301 g/mol. The van der Waals surface area contributed by atoms with Crippen LogP contribution in [-0.2, 0) is 11.3 Å². The molecule has 0 saturated carbocycles. The van der Waals surface area contributed by atoms with Crippen molar-refractivity contribution >= 4 is 21.9 Å². The van der Waals surface area contributed by atoms with Crippen molar-refractivity contribution in [3.8, 4) is 0 Å². The highest BCUT2D eigenvalue weighted by Gasteiger charge is 2.18. The normalized spacial score (nSPS) is 11.6. The van der Waals surface area contributed by atoms with Crippen molar-refractivity contribution in [3.63, 3.8) is 0 Å². The van der Waals surface area contributed by atoms with Gasteiger partial charge in [0.05, 0.1) is 19.5 Å². The smallest absolute Gasteiger partial charge is 0.336 e. The van der Waals surface area contributed by atoms with E-state index in [-0.39, 0.29) is 5.63 Å². The van der Waals surface area contributed by atoms with Crippen molar-refractivity contribution in [3.05, 3.63) is 45.0 Å². The summed E-state index contributed by atoms with van der Waals surface area (Å²) < 4.78 is 16.6. The third-order valence-corrected chi connectivity index (χ3v) is 3.98. The molecular weight excluding hydrogens is 282 g/mol. The molecule has 0 atom stereocenters. The molecule has 0 aliphatic rings. The minimum atomic E-state index is -0.343. The number of aryl methyl sites for hydroxylation is 3. The van der Waals surface area contributed by atoms with Crippen molar-refractivity contribution in [1.82, 2.24) is 0 Å². The molecule has 1 aromatic carbocycles. The molecule has 2 N–H and O–H groups in total. The van der Waals surface area contributed by atoms with Gasteiger partial charge in [0.25, 0.3) is 0 Å². The van der Waals surface area contributed by atoms with Crippen LogP contribution in [-0.4, -0.2) is 13.2 Å². The van der Waals surface area contributed by atoms with Gasteiger partial charge >= 0.3 is 5.63 Å². The number of hydrogen-bond acceptors (Lipinski definition) is 5. The second kappa shape index (κ2) is 5.59. The van der Waals surface area contributed by atoms with Crippen LogP contribution in [0.2, 0.25) is 0 Å². The molecule has 0 amide bonds. The topological polar surface area (TPSA) is 78.6 Å². The summed E-state index contributed by atoms with van der Waals surface area (Å²) in [5.74, 6) is 0. The Balaban J connectivity index is 2.31. The SMILES string of the molecule is Cc1c2oc(=O)cc(C)c2c(C)c2c(COCCN)coc12. The monoisotopic (exact) mass is 301 g/mol. The Hall–Kier alpha value is -2.11. The number of nitrogens with two attached hydrogens (primary N) is 1. The molecule has 5 nitrogen and oxygen atoms in total. The maximum atomic E-state index is 11.7. The molecular formula is C17H19NO4. The van der Waals surface area contributed by atoms with Crippen LogP contribution in [0.4, 0.5) is 0 Å². The molecule has 0 aliphatic heterocycles. The number of fused-ring (bicyclic) bond motifs is 2. The van der Waals surface area contributed by atoms with Crippen LogP contribution in [0, 0.1) is 20.8 Å². The first-order valence-corrected chi connectivity index (χ1v) is 7.26. The first-order chi connectivity index (χ1) is 10.5. The summed E-state index contributed by atoms with van der Waals surface area (Å²) in [5.41, 5.74) is 10.2. The summed E-state index contributed by atoms with van der Waals surface area (Å²) in [6.07, 6.45) is 1.70. The second-order valence-corrected chi connectivity index (χ2v) is 5.51. The van der Waals surface area contributed by atoms with Gasteiger partial charge in [0, 0.05) is 34.5 Å². The van der Waals surface area contributed by atoms with Crippen LogP contribution in [0.1, 0.15) is 22.3 Å². The summed E-state index contributed by atoms with van der Waals surface area (Å²) >= 11 is 0. The molecule has 0 fully saturated rings. The van der Waals surface area contributed by atoms with Crippen LogP contribution in [0.5, 0.6) is 0 Å². The Morgan fingerprint density at radius 3 is 2.64 bits per heavy atom. The third-order valence-electron chi connectivity index (χ3n) is 3.98. The molecule has 2 heterocycles. The standard InChI is InChI=1S/C17H19NO4/c1-9-6-13(19)22-17-11(3)16-15(10(2)14(9)17)12(8-21-16)7-20-5-4-18/h6,8H,4-5,7,18H2,1-3H3. The van der Waals surface area contributed by atoms with E-state index in [0.29, 0.717) is 25.3 Å². The molecule has 0 aliphatic carbocycles. The maximum Gasteiger partial charge on any atom is 0.336 e. The molecule has 0 saturated heterocycles. The van der Waals surface area contributed by atoms with Crippen LogP contribution in [0.15, 0.2) is 26.0 Å². The molecule has 0 radical (unpaired) electrons. The van der Waals surface area contributed by atoms with E-state index >= 15 is 0 Å². The van der Waals surface area contributed by atoms with Crippen LogP contribution >= 0.6 is 0 Å². The van der Waals surface area contributed by atoms with Crippen molar-refractivity contribution < 1.29 is 13.6 Å². The van der Waals surface area contributed by atoms with Crippen molar-refractivity contribution in [2.45, 2.75) is 27.4 Å². The number of furan rings is 1. The van der Waals surface area contributed by atoms with Gasteiger partial charge in [-0.2, -0.15) is 0 Å². The van der Waals surface area contributed by atoms with E-state index in [2.05, 4.69) is 0 Å². The van der Waals surface area contributed by atoms with Crippen LogP contribution < -0.4 is 11.4 Å². The molecule has 5 heteroatoms. The fourth-order valence-corrected chi connectivity index (χ4v) is 3.02. The van der Waals surface area contributed by atoms with Crippen LogP contribution in [0.3, 0.4) is 0 Å². The molecule has 3 aromatic rings. The second-order valence-electron chi connectivity index (χ2n) is 5.51. The lowest BCUT2D eigenvalue weighted by atomic mass is 9.97. The fraction of sp³-hybridized carbons (Fsp3) is 0.353. The Morgan fingerprint density at radius 2 is 1.91 bits per heavy atom. The van der Waals surface area contributed by atoms with E-state index < -0.39 is 0 Å². The van der Waals surface area contributed by atoms with E-state index in [1.807, 2.05) is 20.8 Å². The van der Waals surface area contributed by atoms with Gasteiger partial charge in [0.15, 0.2) is 0 Å². The van der Waals surface area contributed by atoms with Gasteiger partial charge in [-0.05, 0) is 31.9 Å². The van der Waals surface area contributed by atoms with Crippen molar-refractivity contribution in [2.75, 3.05) is 13.2 Å². The third kappa shape index (κ3) is 2.23. The zero-order valence-electron chi connectivity index (χ0n) is 13.0. The fourth-order valence-electron chi connectivity index (χ4n) is 3.02. The molecule has 0 unspecified atom stereocenters. The largest absolute Gasteiger partial charge is 0.464 e. The number of ether oxygens (including phenoxy) is 1. The van der Waals surface area contributed by atoms with E-state index in [1.54, 1.807) is 6.26 Å². The zero-order chi connectivity index (χ0) is 15.9. The highest BCUT2D eigenvalue weighted by molar-refractivity contribution is 6.03. The van der Waals surface area contributed by atoms with Crippen molar-refractivity contribution in [1.29, 1.82) is 0 Å². The van der Waals surface area contributed by atoms with Gasteiger partial charge < -0.3 is 19.3 Å². The average Bonchev–Trinajstić information content (AvgIpc) is 2.89. The van der Waals surface area contributed by atoms with Gasteiger partial charge in [-0.3, -0.25) is 0 Å². The molecule has 0 spiro atoms. The maximum absolute atomic E-state index is 11.7. The number of rotatable bonds is 4. The van der Waals surface area contributed by atoms with Crippen LogP contribution in [0.25, 0.3) is 21.9 Å². The highest BCUT2D eigenvalue weighted by Crippen LogP contribution is 2.36. The summed E-state index contributed by atoms with van der Waals surface area (Å²) in [4.78, 5) is 11.7. The summed E-state index contributed by atoms with van der Waals surface area (Å²) in [5, 5.41) is 1.99. The van der Waals surface area contributed by atoms with Gasteiger partial charge in [0.1, 0.15) is 11.2 Å². The van der Waals surface area contributed by atoms with Crippen molar-refractivity contribution in [2.24, 2.45) is 5.73 Å². The lowest BCUT2D eigenvalue weighted by Crippen LogP contribution is -2.08. The number of hydrogen-bond donors (Lipinski definition) is 1. The molecule has 2 aromatic heterocycles. The lowest BCUT2D eigenvalue weighted by molar-refractivity contribution is 0.128. The summed E-state index contributed by atoms with van der Waals surface area (Å²) in [7, 11) is 0. The van der Waals surface area contributed by atoms with Gasteiger partial charge in [-0.25, -0.2) is 4.79 Å². The van der Waals surface area contributed by atoms with Gasteiger partial charge in [0.2, 0.25) is 0 Å². The minimum absolute atomic E-state index is 0.343. The van der Waals surface area contributed by atoms with E-state index in [1.165, 1.54) is 6.07 Å². The Morgan fingerprint density at radius 1 is 1.14 bits per heavy atom. The molecule has 3 rings (SSSR count). The Labute approximate surface area is 127 Å². The first-order valence-electron chi connectivity index (χ1n) is 7.26. The zero-order valence-corrected chi connectivity index (χ0v) is 13.0. The highest BCUT2D eigenvalue weighted by atomic mass is 16.5. The van der Waals surface area contributed by atoms with Gasteiger partial charge in [-0.15, -0.1) is 0 Å². The Bertz CT molecular complexity index is 905. The predicted molar refractivity (Wildman–Crippen MR) is 85.2 cm³/mol. The first kappa shape index (κ1) is 14.8. The predicted octanol–water partition coefficient (Wildman–Crippen LogP) is 2.94. The minimum Gasteiger partial charge on any atom is -0.464 e. The van der Waals surface area contributed by atoms with E-state index in [4.69, 9.17) is 19.3 Å². The molecule has 0 bridgehead atoms. The van der Waals surface area contributed by atoms with E-state index in [0.717, 1.165) is 38.6 Å². The summed E-state index contributed by atoms with van der Waals surface area (Å²) in [6.45, 7) is 7.28. The lowest BCUT2D eigenvalue weighted by Gasteiger charge is -2.10. The summed E-state index contributed by atoms with van der Waals surface area (Å²) in [6, 6.07) is 1.52. The molecule has 22 heavy (non-hydrogen) atoms. The van der Waals surface area contributed by atoms with E-state index in [9.17, 15) is 4.79 Å². The molecule has 116 valence electrons. The number of benzene rings is 1. The Kier molecular flexibility index (Phi) is 3.76. The quantitative estimate of drug-likeness (QED) is 0.592. The van der Waals surface area contributed by atoms with Gasteiger partial charge in [-0.1, -0.05) is 0 Å².